The van der Waals surface area contributed by atoms with Crippen LogP contribution in [0.25, 0.3) is 0 Å². The second kappa shape index (κ2) is 19.5. The summed E-state index contributed by atoms with van der Waals surface area (Å²) in [5.41, 5.74) is 0. The fourth-order valence-electron chi connectivity index (χ4n) is 1.72. The maximum atomic E-state index is 11.4. The van der Waals surface area contributed by atoms with E-state index in [1.54, 1.807) is 4.90 Å². The second-order valence-electron chi connectivity index (χ2n) is 4.76. The van der Waals surface area contributed by atoms with E-state index in [-0.39, 0.29) is 50.3 Å². The van der Waals surface area contributed by atoms with Crippen LogP contribution in [-0.2, 0) is 19.2 Å². The Balaban J connectivity index is -0.000000369. The van der Waals surface area contributed by atoms with Gasteiger partial charge in [-0.15, -0.1) is 0 Å². The van der Waals surface area contributed by atoms with Crippen molar-refractivity contribution in [3.63, 3.8) is 0 Å². The highest BCUT2D eigenvalue weighted by molar-refractivity contribution is 5.83. The molecular weight excluding hydrogens is 308 g/mol. The Labute approximate surface area is 148 Å². The van der Waals surface area contributed by atoms with Crippen LogP contribution in [0.4, 0.5) is 0 Å². The van der Waals surface area contributed by atoms with Crippen LogP contribution in [0.1, 0.15) is 62.8 Å². The summed E-state index contributed by atoms with van der Waals surface area (Å²) in [6, 6.07) is 0. The molecule has 0 aliphatic heterocycles. The van der Waals surface area contributed by atoms with Crippen molar-refractivity contribution in [3.8, 4) is 0 Å². The summed E-state index contributed by atoms with van der Waals surface area (Å²) in [5.74, 6) is -0.370. The molecule has 0 aromatic heterocycles. The van der Waals surface area contributed by atoms with Crippen molar-refractivity contribution in [2.75, 3.05) is 32.7 Å². The van der Waals surface area contributed by atoms with Crippen molar-refractivity contribution in [1.82, 2.24) is 9.80 Å². The first-order chi connectivity index (χ1) is 10.7. The molecule has 24 heavy (non-hydrogen) atoms. The minimum atomic E-state index is -0.194. The summed E-state index contributed by atoms with van der Waals surface area (Å²) in [6.07, 6.45) is 0. The van der Waals surface area contributed by atoms with Gasteiger partial charge in [-0.25, -0.2) is 0 Å². The Kier molecular flexibility index (Phi) is 24.6. The molecule has 0 aliphatic carbocycles. The van der Waals surface area contributed by atoms with Gasteiger partial charge in [-0.3, -0.25) is 24.1 Å². The minimum absolute atomic E-state index is 0. The molecule has 0 bridgehead atoms. The Morgan fingerprint density at radius 1 is 0.625 bits per heavy atom. The van der Waals surface area contributed by atoms with Crippen LogP contribution in [0, 0.1) is 0 Å². The maximum absolute atomic E-state index is 11.4. The normalized spacial score (nSPS) is 8.71. The lowest BCUT2D eigenvalue weighted by molar-refractivity contribution is -0.133. The first-order valence-corrected chi connectivity index (χ1v) is 8.18. The van der Waals surface area contributed by atoms with E-state index in [0.717, 1.165) is 0 Å². The topological polar surface area (TPSA) is 74.8 Å². The molecule has 1 amide bonds. The second-order valence-corrected chi connectivity index (χ2v) is 4.76. The smallest absolute Gasteiger partial charge is 0.219 e. The molecule has 0 aliphatic rings. The predicted octanol–water partition coefficient (Wildman–Crippen LogP) is 2.59. The maximum Gasteiger partial charge on any atom is 0.219 e. The molecule has 0 N–H and O–H groups in total. The van der Waals surface area contributed by atoms with Gasteiger partial charge in [0.2, 0.25) is 5.91 Å². The summed E-state index contributed by atoms with van der Waals surface area (Å²) in [6.45, 7) is 14.8. The van der Waals surface area contributed by atoms with E-state index < -0.39 is 0 Å². The van der Waals surface area contributed by atoms with Gasteiger partial charge < -0.3 is 4.90 Å². The molecule has 0 rings (SSSR count). The zero-order valence-electron chi connectivity index (χ0n) is 16.1. The van der Waals surface area contributed by atoms with Gasteiger partial charge in [-0.05, 0) is 20.8 Å². The van der Waals surface area contributed by atoms with E-state index in [0.29, 0.717) is 13.1 Å². The standard InChI is InChI=1S/C13H22N2O4.2C2H6.CH4/c1-10(16)7-14(8-11(2)17)5-6-15(13(4)19)9-12(3)18;2*1-2;/h5-9H2,1-4H3;2*1-2H3;1H4. The zero-order valence-corrected chi connectivity index (χ0v) is 16.1. The summed E-state index contributed by atoms with van der Waals surface area (Å²) in [4.78, 5) is 47.7. The summed E-state index contributed by atoms with van der Waals surface area (Å²) in [7, 11) is 0. The van der Waals surface area contributed by atoms with Crippen molar-refractivity contribution in [1.29, 1.82) is 0 Å². The van der Waals surface area contributed by atoms with Gasteiger partial charge in [-0.2, -0.15) is 0 Å². The van der Waals surface area contributed by atoms with Crippen molar-refractivity contribution >= 4 is 23.3 Å². The first-order valence-electron chi connectivity index (χ1n) is 8.18. The van der Waals surface area contributed by atoms with E-state index in [4.69, 9.17) is 0 Å². The molecule has 0 radical (unpaired) electrons. The number of carbonyl (C=O) groups is 4. The average Bonchev–Trinajstić information content (AvgIpc) is 2.45. The molecular formula is C18H38N2O4. The van der Waals surface area contributed by atoms with Crippen LogP contribution in [0.3, 0.4) is 0 Å². The number of rotatable bonds is 9. The van der Waals surface area contributed by atoms with Crippen molar-refractivity contribution < 1.29 is 19.2 Å². The fourth-order valence-corrected chi connectivity index (χ4v) is 1.72. The molecule has 6 heteroatoms. The van der Waals surface area contributed by atoms with Gasteiger partial charge in [0.1, 0.15) is 17.3 Å². The lowest BCUT2D eigenvalue weighted by Gasteiger charge is -2.25. The van der Waals surface area contributed by atoms with E-state index in [2.05, 4.69) is 0 Å². The third kappa shape index (κ3) is 20.4. The number of carbonyl (C=O) groups excluding carboxylic acids is 4. The predicted molar refractivity (Wildman–Crippen MR) is 100 cm³/mol. The quantitative estimate of drug-likeness (QED) is 0.641. The monoisotopic (exact) mass is 346 g/mol. The van der Waals surface area contributed by atoms with E-state index in [1.165, 1.54) is 32.6 Å². The first kappa shape index (κ1) is 30.3. The molecule has 144 valence electrons. The zero-order chi connectivity index (χ0) is 19.0. The molecule has 0 atom stereocenters. The fraction of sp³-hybridized carbons (Fsp3) is 0.778. The van der Waals surface area contributed by atoms with Gasteiger partial charge in [-0.1, -0.05) is 35.1 Å². The number of hydrogen-bond acceptors (Lipinski definition) is 5. The Bertz CT molecular complexity index is 352. The third-order valence-electron chi connectivity index (χ3n) is 2.44. The summed E-state index contributed by atoms with van der Waals surface area (Å²) < 4.78 is 0. The van der Waals surface area contributed by atoms with Crippen LogP contribution in [-0.4, -0.2) is 65.8 Å². The molecule has 0 heterocycles. The van der Waals surface area contributed by atoms with E-state index >= 15 is 0 Å². The van der Waals surface area contributed by atoms with Gasteiger partial charge in [0, 0.05) is 20.0 Å². The molecule has 0 aromatic rings. The van der Waals surface area contributed by atoms with Crippen molar-refractivity contribution in [2.45, 2.75) is 62.8 Å². The molecule has 0 spiro atoms. The highest BCUT2D eigenvalue weighted by Gasteiger charge is 2.15. The van der Waals surface area contributed by atoms with Crippen LogP contribution in [0.5, 0.6) is 0 Å². The van der Waals surface area contributed by atoms with Gasteiger partial charge in [0.05, 0.1) is 19.6 Å². The third-order valence-corrected chi connectivity index (χ3v) is 2.44. The minimum Gasteiger partial charge on any atom is -0.334 e. The molecule has 0 unspecified atom stereocenters. The Morgan fingerprint density at radius 3 is 1.21 bits per heavy atom. The molecule has 6 nitrogen and oxygen atoms in total. The molecule has 0 fully saturated rings. The number of ketones is 3. The van der Waals surface area contributed by atoms with Crippen molar-refractivity contribution in [2.24, 2.45) is 0 Å². The van der Waals surface area contributed by atoms with Crippen LogP contribution in [0.2, 0.25) is 0 Å². The number of hydrogen-bond donors (Lipinski definition) is 0. The van der Waals surface area contributed by atoms with E-state index in [9.17, 15) is 19.2 Å². The van der Waals surface area contributed by atoms with Crippen LogP contribution < -0.4 is 0 Å². The Morgan fingerprint density at radius 2 is 0.958 bits per heavy atom. The lowest BCUT2D eigenvalue weighted by atomic mass is 10.3. The van der Waals surface area contributed by atoms with Crippen LogP contribution in [0.15, 0.2) is 0 Å². The van der Waals surface area contributed by atoms with E-state index in [1.807, 2.05) is 27.7 Å². The highest BCUT2D eigenvalue weighted by Crippen LogP contribution is 1.95. The van der Waals surface area contributed by atoms with Gasteiger partial charge >= 0.3 is 0 Å². The van der Waals surface area contributed by atoms with Gasteiger partial charge in [0.15, 0.2) is 0 Å². The van der Waals surface area contributed by atoms with Crippen molar-refractivity contribution in [3.05, 3.63) is 0 Å². The largest absolute Gasteiger partial charge is 0.334 e. The van der Waals surface area contributed by atoms with Crippen LogP contribution >= 0.6 is 0 Å². The summed E-state index contributed by atoms with van der Waals surface area (Å²) >= 11 is 0. The Hall–Kier alpha value is -1.56. The number of amides is 1. The highest BCUT2D eigenvalue weighted by atomic mass is 16.2. The number of Topliss-reactive ketones (excluding diaryl/α,β-unsaturated/α-hetero) is 3. The molecule has 0 saturated heterocycles. The molecule has 0 saturated carbocycles. The van der Waals surface area contributed by atoms with Gasteiger partial charge in [0.25, 0.3) is 0 Å². The molecule has 0 aromatic carbocycles. The SMILES string of the molecule is C.CC.CC.CC(=O)CN(CCN(CC(C)=O)C(C)=O)CC(C)=O. The number of nitrogens with zero attached hydrogens (tertiary/aromatic N) is 2. The summed E-state index contributed by atoms with van der Waals surface area (Å²) in [5, 5.41) is 0. The average molecular weight is 347 g/mol. The lowest BCUT2D eigenvalue weighted by Crippen LogP contribution is -2.42.